The van der Waals surface area contributed by atoms with Crippen LogP contribution in [0.3, 0.4) is 0 Å². The van der Waals surface area contributed by atoms with E-state index in [1.165, 1.54) is 4.90 Å². The van der Waals surface area contributed by atoms with E-state index in [0.29, 0.717) is 38.3 Å². The molecule has 0 aliphatic heterocycles. The first-order valence-corrected chi connectivity index (χ1v) is 14.0. The summed E-state index contributed by atoms with van der Waals surface area (Å²) >= 11 is 18.7. The molecule has 2 atom stereocenters. The summed E-state index contributed by atoms with van der Waals surface area (Å²) in [5.41, 5.74) is 1.36. The van der Waals surface area contributed by atoms with E-state index in [2.05, 4.69) is 5.32 Å². The van der Waals surface area contributed by atoms with Gasteiger partial charge in [0.2, 0.25) is 21.8 Å². The average molecular weight is 563 g/mol. The van der Waals surface area contributed by atoms with Crippen LogP contribution in [0.25, 0.3) is 0 Å². The first-order valence-electron chi connectivity index (χ1n) is 11.0. The van der Waals surface area contributed by atoms with Crippen LogP contribution in [0, 0.1) is 6.92 Å². The van der Waals surface area contributed by atoms with Crippen LogP contribution in [0.5, 0.6) is 0 Å². The number of hydrogen-bond acceptors (Lipinski definition) is 4. The fourth-order valence-electron chi connectivity index (χ4n) is 3.40. The van der Waals surface area contributed by atoms with Crippen molar-refractivity contribution in [2.75, 3.05) is 17.1 Å². The molecule has 2 aromatic carbocycles. The van der Waals surface area contributed by atoms with Crippen LogP contribution < -0.4 is 9.62 Å². The average Bonchev–Trinajstić information content (AvgIpc) is 2.76. The van der Waals surface area contributed by atoms with Crippen molar-refractivity contribution in [3.05, 3.63) is 62.6 Å². The quantitative estimate of drug-likeness (QED) is 0.439. The predicted molar refractivity (Wildman–Crippen MR) is 143 cm³/mol. The highest BCUT2D eigenvalue weighted by molar-refractivity contribution is 7.92. The summed E-state index contributed by atoms with van der Waals surface area (Å²) in [5, 5.41) is 3.97. The van der Waals surface area contributed by atoms with Gasteiger partial charge in [-0.3, -0.25) is 13.9 Å². The molecule has 2 amide bonds. The van der Waals surface area contributed by atoms with Crippen LogP contribution >= 0.6 is 34.8 Å². The van der Waals surface area contributed by atoms with Crippen LogP contribution in [0.15, 0.2) is 36.4 Å². The number of sulfonamides is 1. The van der Waals surface area contributed by atoms with Gasteiger partial charge in [0.1, 0.15) is 12.6 Å². The van der Waals surface area contributed by atoms with Crippen LogP contribution in [0.1, 0.15) is 38.3 Å². The molecule has 0 saturated heterocycles. The summed E-state index contributed by atoms with van der Waals surface area (Å²) in [4.78, 5) is 27.8. The minimum absolute atomic E-state index is 0.0797. The van der Waals surface area contributed by atoms with Crippen molar-refractivity contribution in [1.29, 1.82) is 0 Å². The Morgan fingerprint density at radius 2 is 1.66 bits per heavy atom. The Labute approximate surface area is 222 Å². The number of carbonyl (C=O) groups is 2. The number of aryl methyl sites for hydroxylation is 1. The SMILES string of the molecule is CC[C@H](C)NC(=O)[C@@H](C)N(Cc1c(Cl)cccc1Cl)C(=O)CN(c1ccc(Cl)cc1C)S(C)(=O)=O. The molecule has 0 aliphatic carbocycles. The van der Waals surface area contributed by atoms with Crippen LogP contribution in [-0.2, 0) is 26.2 Å². The summed E-state index contributed by atoms with van der Waals surface area (Å²) in [6.45, 7) is 6.47. The Kier molecular flexibility index (Phi) is 10.3. The Morgan fingerprint density at radius 3 is 2.17 bits per heavy atom. The molecule has 0 bridgehead atoms. The molecule has 0 radical (unpaired) electrons. The zero-order chi connectivity index (χ0) is 26.5. The van der Waals surface area contributed by atoms with E-state index < -0.39 is 28.5 Å². The zero-order valence-corrected chi connectivity index (χ0v) is 23.4. The molecule has 11 heteroatoms. The fraction of sp³-hybridized carbons (Fsp3) is 0.417. The number of rotatable bonds is 10. The smallest absolute Gasteiger partial charge is 0.244 e. The number of carbonyl (C=O) groups excluding carboxylic acids is 2. The Balaban J connectivity index is 2.48. The van der Waals surface area contributed by atoms with Gasteiger partial charge in [-0.25, -0.2) is 8.42 Å². The lowest BCUT2D eigenvalue weighted by molar-refractivity contribution is -0.139. The van der Waals surface area contributed by atoms with Gasteiger partial charge < -0.3 is 10.2 Å². The second-order valence-electron chi connectivity index (χ2n) is 8.42. The van der Waals surface area contributed by atoms with Crippen molar-refractivity contribution in [3.63, 3.8) is 0 Å². The van der Waals surface area contributed by atoms with E-state index in [1.807, 2.05) is 13.8 Å². The molecule has 1 N–H and O–H groups in total. The van der Waals surface area contributed by atoms with Gasteiger partial charge >= 0.3 is 0 Å². The maximum absolute atomic E-state index is 13.6. The lowest BCUT2D eigenvalue weighted by Crippen LogP contribution is -2.52. The molecule has 0 unspecified atom stereocenters. The summed E-state index contributed by atoms with van der Waals surface area (Å²) in [7, 11) is -3.85. The van der Waals surface area contributed by atoms with Gasteiger partial charge in [0.05, 0.1) is 11.9 Å². The van der Waals surface area contributed by atoms with Gasteiger partial charge in [-0.15, -0.1) is 0 Å². The topological polar surface area (TPSA) is 86.8 Å². The number of nitrogens with one attached hydrogen (secondary N) is 1. The monoisotopic (exact) mass is 561 g/mol. The van der Waals surface area contributed by atoms with Crippen molar-refractivity contribution < 1.29 is 18.0 Å². The van der Waals surface area contributed by atoms with Gasteiger partial charge in [-0.05, 0) is 63.1 Å². The van der Waals surface area contributed by atoms with Crippen molar-refractivity contribution in [2.24, 2.45) is 0 Å². The largest absolute Gasteiger partial charge is 0.352 e. The highest BCUT2D eigenvalue weighted by atomic mass is 35.5. The van der Waals surface area contributed by atoms with Crippen LogP contribution in [-0.4, -0.2) is 50.0 Å². The molecule has 35 heavy (non-hydrogen) atoms. The molecule has 2 rings (SSSR count). The van der Waals surface area contributed by atoms with E-state index in [0.717, 1.165) is 10.6 Å². The number of nitrogens with zero attached hydrogens (tertiary/aromatic N) is 2. The molecule has 0 aliphatic rings. The molecule has 0 aromatic heterocycles. The fourth-order valence-corrected chi connectivity index (χ4v) is 5.05. The first-order chi connectivity index (χ1) is 16.3. The third-order valence-electron chi connectivity index (χ3n) is 5.67. The summed E-state index contributed by atoms with van der Waals surface area (Å²) in [5.74, 6) is -0.961. The summed E-state index contributed by atoms with van der Waals surface area (Å²) in [6, 6.07) is 8.63. The summed E-state index contributed by atoms with van der Waals surface area (Å²) in [6.07, 6.45) is 1.73. The molecule has 0 spiro atoms. The van der Waals surface area contributed by atoms with Gasteiger partial charge in [-0.2, -0.15) is 0 Å². The van der Waals surface area contributed by atoms with Crippen molar-refractivity contribution in [3.8, 4) is 0 Å². The molecular formula is C24H30Cl3N3O4S. The third-order valence-corrected chi connectivity index (χ3v) is 7.73. The highest BCUT2D eigenvalue weighted by Gasteiger charge is 2.31. The van der Waals surface area contributed by atoms with Crippen molar-refractivity contribution in [2.45, 2.75) is 52.7 Å². The van der Waals surface area contributed by atoms with E-state index >= 15 is 0 Å². The van der Waals surface area contributed by atoms with Gasteiger partial charge in [0.25, 0.3) is 0 Å². The van der Waals surface area contributed by atoms with Gasteiger partial charge in [0.15, 0.2) is 0 Å². The lowest BCUT2D eigenvalue weighted by Gasteiger charge is -2.32. The summed E-state index contributed by atoms with van der Waals surface area (Å²) < 4.78 is 26.4. The maximum atomic E-state index is 13.6. The normalized spacial score (nSPS) is 13.1. The molecule has 0 saturated carbocycles. The standard InChI is InChI=1S/C24H30Cl3N3O4S/c1-6-16(3)28-24(32)17(4)29(13-19-20(26)8-7-9-21(19)27)23(31)14-30(35(5,33)34)22-11-10-18(25)12-15(22)2/h7-12,16-17H,6,13-14H2,1-5H3,(H,28,32)/t16-,17+/m0/s1. The van der Waals surface area contributed by atoms with E-state index in [1.54, 1.807) is 50.2 Å². The Hall–Kier alpha value is -2.00. The van der Waals surface area contributed by atoms with Crippen LogP contribution in [0.2, 0.25) is 15.1 Å². The Bertz CT molecular complexity index is 1170. The van der Waals surface area contributed by atoms with E-state index in [9.17, 15) is 18.0 Å². The minimum atomic E-state index is -3.85. The first kappa shape index (κ1) is 29.2. The molecule has 7 nitrogen and oxygen atoms in total. The maximum Gasteiger partial charge on any atom is 0.244 e. The van der Waals surface area contributed by atoms with Gasteiger partial charge in [-0.1, -0.05) is 47.8 Å². The minimum Gasteiger partial charge on any atom is -0.352 e. The number of anilines is 1. The molecule has 0 heterocycles. The van der Waals surface area contributed by atoms with Crippen molar-refractivity contribution in [1.82, 2.24) is 10.2 Å². The third kappa shape index (κ3) is 7.74. The zero-order valence-electron chi connectivity index (χ0n) is 20.3. The molecule has 2 aromatic rings. The number of halogens is 3. The molecular weight excluding hydrogens is 533 g/mol. The Morgan fingerprint density at radius 1 is 1.06 bits per heavy atom. The second kappa shape index (κ2) is 12.3. The molecule has 192 valence electrons. The predicted octanol–water partition coefficient (Wildman–Crippen LogP) is 5.05. The van der Waals surface area contributed by atoms with E-state index in [4.69, 9.17) is 34.8 Å². The lowest BCUT2D eigenvalue weighted by atomic mass is 10.1. The number of amides is 2. The number of benzene rings is 2. The van der Waals surface area contributed by atoms with E-state index in [-0.39, 0.29) is 18.5 Å². The van der Waals surface area contributed by atoms with Crippen molar-refractivity contribution >= 4 is 62.3 Å². The number of hydrogen-bond donors (Lipinski definition) is 1. The van der Waals surface area contributed by atoms with Crippen LogP contribution in [0.4, 0.5) is 5.69 Å². The highest BCUT2D eigenvalue weighted by Crippen LogP contribution is 2.28. The second-order valence-corrected chi connectivity index (χ2v) is 11.6. The van der Waals surface area contributed by atoms with Gasteiger partial charge in [0, 0.05) is 33.2 Å². The molecule has 0 fully saturated rings.